The molecule has 3 N–H and O–H groups in total. The zero-order valence-electron chi connectivity index (χ0n) is 18.5. The molecule has 0 fully saturated rings. The number of aromatic nitrogens is 1. The fourth-order valence-corrected chi connectivity index (χ4v) is 5.56. The normalized spacial score (nSPS) is 11.4. The van der Waals surface area contributed by atoms with Gasteiger partial charge in [0.05, 0.1) is 20.7 Å². The van der Waals surface area contributed by atoms with Crippen LogP contribution in [0.1, 0.15) is 10.4 Å². The second kappa shape index (κ2) is 9.40. The lowest BCUT2D eigenvalue weighted by Gasteiger charge is -2.10. The van der Waals surface area contributed by atoms with Gasteiger partial charge in [0, 0.05) is 23.0 Å². The molecule has 1 amide bonds. The Kier molecular flexibility index (Phi) is 6.13. The monoisotopic (exact) mass is 519 g/mol. The number of carbonyl (C=O) groups is 1. The van der Waals surface area contributed by atoms with Gasteiger partial charge in [-0.05, 0) is 72.8 Å². The molecule has 0 aliphatic carbocycles. The van der Waals surface area contributed by atoms with E-state index in [0.29, 0.717) is 16.3 Å². The molecule has 180 valence electrons. The molecule has 0 bridgehead atoms. The minimum Gasteiger partial charge on any atom is -0.507 e. The van der Waals surface area contributed by atoms with E-state index < -0.39 is 21.7 Å². The van der Waals surface area contributed by atoms with Crippen molar-refractivity contribution in [2.75, 3.05) is 10.0 Å². The van der Waals surface area contributed by atoms with Crippen LogP contribution in [0, 0.1) is 5.82 Å². The van der Waals surface area contributed by atoms with Crippen LogP contribution in [0.5, 0.6) is 5.75 Å². The van der Waals surface area contributed by atoms with Crippen molar-refractivity contribution in [2.45, 2.75) is 4.90 Å². The highest BCUT2D eigenvalue weighted by atomic mass is 32.2. The van der Waals surface area contributed by atoms with E-state index in [1.807, 2.05) is 24.3 Å². The summed E-state index contributed by atoms with van der Waals surface area (Å²) < 4.78 is 41.4. The van der Waals surface area contributed by atoms with Gasteiger partial charge in [0.25, 0.3) is 15.9 Å². The number of rotatable bonds is 6. The number of para-hydroxylation sites is 1. The van der Waals surface area contributed by atoms with Crippen LogP contribution in [0.4, 0.5) is 15.8 Å². The Morgan fingerprint density at radius 1 is 0.889 bits per heavy atom. The number of fused-ring (bicyclic) bond motifs is 1. The Morgan fingerprint density at radius 3 is 2.28 bits per heavy atom. The molecule has 0 spiro atoms. The van der Waals surface area contributed by atoms with Crippen molar-refractivity contribution in [3.8, 4) is 16.3 Å². The Hall–Kier alpha value is -4.28. The molecule has 5 rings (SSSR count). The lowest BCUT2D eigenvalue weighted by atomic mass is 10.1. The Bertz CT molecular complexity index is 1650. The molecule has 0 saturated carbocycles. The lowest BCUT2D eigenvalue weighted by molar-refractivity contribution is 0.102. The molecule has 0 atom stereocenters. The van der Waals surface area contributed by atoms with E-state index in [1.165, 1.54) is 41.7 Å². The molecule has 1 aromatic heterocycles. The second-order valence-corrected chi connectivity index (χ2v) is 10.5. The third-order valence-corrected chi connectivity index (χ3v) is 7.77. The molecule has 36 heavy (non-hydrogen) atoms. The van der Waals surface area contributed by atoms with E-state index >= 15 is 0 Å². The number of phenols is 1. The Balaban J connectivity index is 1.28. The van der Waals surface area contributed by atoms with Crippen molar-refractivity contribution in [3.05, 3.63) is 102 Å². The zero-order valence-corrected chi connectivity index (χ0v) is 20.1. The maximum absolute atomic E-state index is 13.1. The van der Waals surface area contributed by atoms with Crippen LogP contribution in [0.15, 0.2) is 95.9 Å². The number of aromatic hydroxyl groups is 1. The summed E-state index contributed by atoms with van der Waals surface area (Å²) in [5.41, 5.74) is 2.33. The molecule has 0 aliphatic heterocycles. The van der Waals surface area contributed by atoms with Gasteiger partial charge in [-0.2, -0.15) is 0 Å². The second-order valence-electron chi connectivity index (χ2n) is 7.81. The summed E-state index contributed by atoms with van der Waals surface area (Å²) in [5, 5.41) is 13.9. The first-order valence-corrected chi connectivity index (χ1v) is 13.0. The van der Waals surface area contributed by atoms with Gasteiger partial charge in [-0.15, -0.1) is 11.3 Å². The van der Waals surface area contributed by atoms with Gasteiger partial charge in [0.2, 0.25) is 0 Å². The van der Waals surface area contributed by atoms with Crippen molar-refractivity contribution >= 4 is 48.9 Å². The van der Waals surface area contributed by atoms with Crippen LogP contribution in [0.3, 0.4) is 0 Å². The number of amides is 1. The van der Waals surface area contributed by atoms with Gasteiger partial charge < -0.3 is 10.4 Å². The van der Waals surface area contributed by atoms with Crippen molar-refractivity contribution < 1.29 is 22.7 Å². The summed E-state index contributed by atoms with van der Waals surface area (Å²) in [6, 6.07) is 22.8. The average molecular weight is 520 g/mol. The zero-order chi connectivity index (χ0) is 25.3. The van der Waals surface area contributed by atoms with Gasteiger partial charge in [0.15, 0.2) is 0 Å². The first kappa shape index (κ1) is 23.5. The van der Waals surface area contributed by atoms with E-state index in [4.69, 9.17) is 0 Å². The van der Waals surface area contributed by atoms with Gasteiger partial charge in [-0.1, -0.05) is 12.1 Å². The standard InChI is InChI=1S/C26H18FN3O4S2/c27-17-7-12-20(13-8-17)36(33,34)30-18-9-5-16(6-10-18)25(32)28-19-11-14-21(23(31)15-19)26-29-22-3-1-2-4-24(22)35-26/h1-15,30-31H,(H,28,32). The minimum atomic E-state index is -3.90. The highest BCUT2D eigenvalue weighted by Crippen LogP contribution is 2.36. The van der Waals surface area contributed by atoms with Crippen LogP contribution >= 0.6 is 11.3 Å². The molecule has 10 heteroatoms. The molecule has 7 nitrogen and oxygen atoms in total. The van der Waals surface area contributed by atoms with Crippen molar-refractivity contribution in [3.63, 3.8) is 0 Å². The molecule has 0 radical (unpaired) electrons. The maximum Gasteiger partial charge on any atom is 0.261 e. The van der Waals surface area contributed by atoms with Crippen LogP contribution in [-0.2, 0) is 10.0 Å². The smallest absolute Gasteiger partial charge is 0.261 e. The summed E-state index contributed by atoms with van der Waals surface area (Å²) in [5.74, 6) is -0.989. The maximum atomic E-state index is 13.1. The number of anilines is 2. The molecule has 4 aromatic carbocycles. The number of nitrogens with one attached hydrogen (secondary N) is 2. The predicted molar refractivity (Wildman–Crippen MR) is 138 cm³/mol. The van der Waals surface area contributed by atoms with Crippen LogP contribution in [0.25, 0.3) is 20.8 Å². The van der Waals surface area contributed by atoms with E-state index in [-0.39, 0.29) is 21.9 Å². The van der Waals surface area contributed by atoms with E-state index in [9.17, 15) is 22.7 Å². The SMILES string of the molecule is O=C(Nc1ccc(-c2nc3ccccc3s2)c(O)c1)c1ccc(NS(=O)(=O)c2ccc(F)cc2)cc1. The molecule has 0 saturated heterocycles. The van der Waals surface area contributed by atoms with Crippen LogP contribution in [0.2, 0.25) is 0 Å². The molecule has 0 aliphatic rings. The van der Waals surface area contributed by atoms with E-state index in [2.05, 4.69) is 15.0 Å². The fraction of sp³-hybridized carbons (Fsp3) is 0. The average Bonchev–Trinajstić information content (AvgIpc) is 3.28. The molecule has 1 heterocycles. The largest absolute Gasteiger partial charge is 0.507 e. The van der Waals surface area contributed by atoms with Gasteiger partial charge >= 0.3 is 0 Å². The highest BCUT2D eigenvalue weighted by Gasteiger charge is 2.16. The van der Waals surface area contributed by atoms with Gasteiger partial charge in [-0.25, -0.2) is 17.8 Å². The summed E-state index contributed by atoms with van der Waals surface area (Å²) in [6.45, 7) is 0. The summed E-state index contributed by atoms with van der Waals surface area (Å²) >= 11 is 1.46. The van der Waals surface area contributed by atoms with Crippen molar-refractivity contribution in [1.29, 1.82) is 0 Å². The Morgan fingerprint density at radius 2 is 1.58 bits per heavy atom. The third-order valence-electron chi connectivity index (χ3n) is 5.30. The molecular formula is C26H18FN3O4S2. The number of carbonyl (C=O) groups excluding carboxylic acids is 1. The number of thiazole rings is 1. The summed E-state index contributed by atoms with van der Waals surface area (Å²) in [4.78, 5) is 17.1. The minimum absolute atomic E-state index is 0.0163. The molecular weight excluding hydrogens is 501 g/mol. The number of sulfonamides is 1. The Labute approximate surface area is 209 Å². The van der Waals surface area contributed by atoms with Gasteiger partial charge in [-0.3, -0.25) is 9.52 Å². The third kappa shape index (κ3) is 4.90. The van der Waals surface area contributed by atoms with Crippen LogP contribution in [-0.4, -0.2) is 24.4 Å². The quantitative estimate of drug-likeness (QED) is 0.260. The number of benzene rings is 4. The van der Waals surface area contributed by atoms with E-state index in [1.54, 1.807) is 12.1 Å². The number of phenolic OH excluding ortho intramolecular Hbond substituents is 1. The summed E-state index contributed by atoms with van der Waals surface area (Å²) in [7, 11) is -3.90. The molecule has 5 aromatic rings. The lowest BCUT2D eigenvalue weighted by Crippen LogP contribution is -2.14. The predicted octanol–water partition coefficient (Wildman–Crippen LogP) is 5.86. The van der Waals surface area contributed by atoms with Crippen LogP contribution < -0.4 is 10.0 Å². The highest BCUT2D eigenvalue weighted by molar-refractivity contribution is 7.92. The first-order valence-electron chi connectivity index (χ1n) is 10.7. The number of nitrogens with zero attached hydrogens (tertiary/aromatic N) is 1. The fourth-order valence-electron chi connectivity index (χ4n) is 3.50. The molecule has 0 unspecified atom stereocenters. The topological polar surface area (TPSA) is 108 Å². The van der Waals surface area contributed by atoms with Crippen molar-refractivity contribution in [2.24, 2.45) is 0 Å². The number of hydrogen-bond donors (Lipinski definition) is 3. The number of halogens is 1. The van der Waals surface area contributed by atoms with E-state index in [0.717, 1.165) is 34.5 Å². The van der Waals surface area contributed by atoms with Crippen molar-refractivity contribution in [1.82, 2.24) is 4.98 Å². The summed E-state index contributed by atoms with van der Waals surface area (Å²) in [6.07, 6.45) is 0. The first-order chi connectivity index (χ1) is 17.3. The van der Waals surface area contributed by atoms with Gasteiger partial charge in [0.1, 0.15) is 16.6 Å². The number of hydrogen-bond acceptors (Lipinski definition) is 6.